The Morgan fingerprint density at radius 1 is 0.857 bits per heavy atom. The van der Waals surface area contributed by atoms with Crippen LogP contribution in [0.4, 0.5) is 0 Å². The molecular formula is C27H22O15. The Hall–Kier alpha value is -5.22. The molecule has 220 valence electrons. The van der Waals surface area contributed by atoms with Gasteiger partial charge in [0.15, 0.2) is 34.5 Å². The van der Waals surface area contributed by atoms with E-state index in [1.165, 1.54) is 6.07 Å². The van der Waals surface area contributed by atoms with Crippen LogP contribution in [0.15, 0.2) is 51.7 Å². The molecule has 9 N–H and O–H groups in total. The Kier molecular flexibility index (Phi) is 7.17. The van der Waals surface area contributed by atoms with Crippen LogP contribution in [0.25, 0.3) is 22.3 Å². The van der Waals surface area contributed by atoms with E-state index in [1.54, 1.807) is 0 Å². The lowest BCUT2D eigenvalue weighted by atomic mass is 10.1. The first kappa shape index (κ1) is 28.3. The normalized spacial score (nSPS) is 20.1. The summed E-state index contributed by atoms with van der Waals surface area (Å²) in [5, 5.41) is 88.5. The molecule has 1 aliphatic rings. The maximum Gasteiger partial charge on any atom is 0.343 e. The molecule has 42 heavy (non-hydrogen) atoms. The minimum Gasteiger partial charge on any atom is -0.508 e. The number of carbonyl (C=O) groups is 1. The van der Waals surface area contributed by atoms with Gasteiger partial charge in [0, 0.05) is 17.7 Å². The molecule has 1 aliphatic heterocycles. The van der Waals surface area contributed by atoms with Gasteiger partial charge in [-0.25, -0.2) is 4.79 Å². The average Bonchev–Trinajstić information content (AvgIpc) is 3.21. The molecular weight excluding hydrogens is 564 g/mol. The Bertz CT molecular complexity index is 1740. The van der Waals surface area contributed by atoms with Gasteiger partial charge < -0.3 is 64.6 Å². The molecule has 15 nitrogen and oxygen atoms in total. The molecule has 1 saturated heterocycles. The second-order valence-electron chi connectivity index (χ2n) is 9.19. The van der Waals surface area contributed by atoms with Crippen LogP contribution < -0.4 is 14.9 Å². The lowest BCUT2D eigenvalue weighted by Gasteiger charge is -2.19. The van der Waals surface area contributed by atoms with Crippen molar-refractivity contribution in [2.24, 2.45) is 0 Å². The van der Waals surface area contributed by atoms with E-state index >= 15 is 0 Å². The summed E-state index contributed by atoms with van der Waals surface area (Å²) in [4.78, 5) is 26.7. The van der Waals surface area contributed by atoms with Crippen LogP contribution in [-0.4, -0.2) is 83.1 Å². The Labute approximate surface area is 233 Å². The predicted molar refractivity (Wildman–Crippen MR) is 138 cm³/mol. The van der Waals surface area contributed by atoms with Crippen molar-refractivity contribution in [3.63, 3.8) is 0 Å². The number of hydrogen-bond donors (Lipinski definition) is 9. The molecule has 1 fully saturated rings. The van der Waals surface area contributed by atoms with Crippen LogP contribution in [0.2, 0.25) is 0 Å². The third kappa shape index (κ3) is 4.92. The number of fused-ring (bicyclic) bond motifs is 1. The first-order chi connectivity index (χ1) is 19.9. The largest absolute Gasteiger partial charge is 0.508 e. The third-order valence-electron chi connectivity index (χ3n) is 6.38. The lowest BCUT2D eigenvalue weighted by molar-refractivity contribution is -0.117. The Balaban J connectivity index is 1.68. The lowest BCUT2D eigenvalue weighted by Crippen LogP contribution is -2.36. The van der Waals surface area contributed by atoms with Gasteiger partial charge in [0.05, 0.1) is 12.2 Å². The van der Waals surface area contributed by atoms with Crippen molar-refractivity contribution in [3.05, 3.63) is 58.3 Å². The summed E-state index contributed by atoms with van der Waals surface area (Å²) in [6.07, 6.45) is -6.33. The molecule has 1 aromatic heterocycles. The molecule has 0 bridgehead atoms. The molecule has 5 rings (SSSR count). The molecule has 2 heterocycles. The van der Waals surface area contributed by atoms with E-state index in [1.807, 2.05) is 0 Å². The zero-order valence-electron chi connectivity index (χ0n) is 21.0. The number of hydrogen-bond acceptors (Lipinski definition) is 15. The smallest absolute Gasteiger partial charge is 0.343 e. The van der Waals surface area contributed by atoms with Crippen LogP contribution in [0.1, 0.15) is 10.4 Å². The molecule has 1 unspecified atom stereocenters. The van der Waals surface area contributed by atoms with E-state index in [-0.39, 0.29) is 11.1 Å². The number of phenolic OH excluding ortho intramolecular Hbond substituents is 6. The van der Waals surface area contributed by atoms with Crippen molar-refractivity contribution in [1.29, 1.82) is 0 Å². The molecule has 0 amide bonds. The Morgan fingerprint density at radius 3 is 2.17 bits per heavy atom. The monoisotopic (exact) mass is 586 g/mol. The third-order valence-corrected chi connectivity index (χ3v) is 6.38. The summed E-state index contributed by atoms with van der Waals surface area (Å²) in [6, 6.07) is 6.73. The van der Waals surface area contributed by atoms with Crippen molar-refractivity contribution in [2.75, 3.05) is 6.61 Å². The molecule has 4 atom stereocenters. The van der Waals surface area contributed by atoms with E-state index in [0.29, 0.717) is 0 Å². The van der Waals surface area contributed by atoms with Crippen LogP contribution in [0, 0.1) is 0 Å². The van der Waals surface area contributed by atoms with Crippen molar-refractivity contribution in [1.82, 2.24) is 0 Å². The summed E-state index contributed by atoms with van der Waals surface area (Å²) in [5.74, 6) is -7.17. The summed E-state index contributed by atoms with van der Waals surface area (Å²) in [5.41, 5.74) is -1.92. The van der Waals surface area contributed by atoms with E-state index in [2.05, 4.69) is 0 Å². The zero-order valence-corrected chi connectivity index (χ0v) is 21.0. The first-order valence-corrected chi connectivity index (χ1v) is 12.0. The number of rotatable bonds is 6. The van der Waals surface area contributed by atoms with Gasteiger partial charge in [-0.05, 0) is 30.3 Å². The molecule has 0 radical (unpaired) electrons. The summed E-state index contributed by atoms with van der Waals surface area (Å²) in [7, 11) is 0. The van der Waals surface area contributed by atoms with E-state index in [4.69, 9.17) is 18.6 Å². The number of ether oxygens (including phenoxy) is 3. The number of esters is 1. The summed E-state index contributed by atoms with van der Waals surface area (Å²) < 4.78 is 22.0. The van der Waals surface area contributed by atoms with Crippen molar-refractivity contribution < 1.29 is 69.4 Å². The van der Waals surface area contributed by atoms with Crippen LogP contribution >= 0.6 is 0 Å². The molecule has 0 spiro atoms. The second kappa shape index (κ2) is 10.6. The summed E-state index contributed by atoms with van der Waals surface area (Å²) in [6.45, 7) is -0.704. The van der Waals surface area contributed by atoms with E-state index < -0.39 is 105 Å². The van der Waals surface area contributed by atoms with E-state index in [0.717, 1.165) is 36.4 Å². The highest BCUT2D eigenvalue weighted by Gasteiger charge is 2.45. The minimum atomic E-state index is -1.75. The highest BCUT2D eigenvalue weighted by atomic mass is 16.7. The maximum atomic E-state index is 13.9. The molecule has 0 saturated carbocycles. The van der Waals surface area contributed by atoms with Gasteiger partial charge in [-0.2, -0.15) is 0 Å². The van der Waals surface area contributed by atoms with Gasteiger partial charge in [0.2, 0.25) is 17.5 Å². The van der Waals surface area contributed by atoms with Gasteiger partial charge in [0.1, 0.15) is 40.8 Å². The van der Waals surface area contributed by atoms with Crippen molar-refractivity contribution >= 4 is 16.9 Å². The standard InChI is InChI=1S/C27H22O15/c28-8-18-21(35)23(37)27(41-18)42-25-22(36)19-16(39-24(25)9-1-2-12(30)13(31)3-9)6-11(29)7-17(19)40-26(38)10-4-14(32)20(34)15(33)5-10/h1-7,18,21,23,27-35,37H,8H2/t18-,21?,23+,27-/m1/s1. The van der Waals surface area contributed by atoms with Gasteiger partial charge in [-0.1, -0.05) is 0 Å². The molecule has 4 aromatic rings. The summed E-state index contributed by atoms with van der Waals surface area (Å²) >= 11 is 0. The van der Waals surface area contributed by atoms with Crippen molar-refractivity contribution in [2.45, 2.75) is 24.6 Å². The number of benzene rings is 3. The van der Waals surface area contributed by atoms with Gasteiger partial charge in [0.25, 0.3) is 0 Å². The van der Waals surface area contributed by atoms with E-state index in [9.17, 15) is 55.5 Å². The second-order valence-corrected chi connectivity index (χ2v) is 9.19. The number of aromatic hydroxyl groups is 6. The SMILES string of the molecule is O=C(Oc1cc(O)cc2oc(-c3ccc(O)c(O)c3)c(O[C@H]3O[C@H](CO)C(O)[C@@H]3O)c(=O)c12)c1cc(O)c(O)c(O)c1. The first-order valence-electron chi connectivity index (χ1n) is 12.0. The predicted octanol–water partition coefficient (Wildman–Crippen LogP) is 0.731. The van der Waals surface area contributed by atoms with Crippen molar-refractivity contribution in [3.8, 4) is 57.3 Å². The zero-order chi connectivity index (χ0) is 30.5. The Morgan fingerprint density at radius 2 is 1.55 bits per heavy atom. The molecule has 0 aliphatic carbocycles. The van der Waals surface area contributed by atoms with Gasteiger partial charge in [-0.3, -0.25) is 4.79 Å². The molecule has 15 heteroatoms. The van der Waals surface area contributed by atoms with Crippen LogP contribution in [-0.2, 0) is 4.74 Å². The topological polar surface area (TPSA) is 257 Å². The number of aliphatic hydroxyl groups is 3. The minimum absolute atomic E-state index is 0.0389. The average molecular weight is 586 g/mol. The fraction of sp³-hybridized carbons (Fsp3) is 0.185. The highest BCUT2D eigenvalue weighted by Crippen LogP contribution is 2.40. The number of phenols is 6. The number of aliphatic hydroxyl groups excluding tert-OH is 3. The fourth-order valence-electron chi connectivity index (χ4n) is 4.26. The number of carbonyl (C=O) groups excluding carboxylic acids is 1. The fourth-order valence-corrected chi connectivity index (χ4v) is 4.26. The highest BCUT2D eigenvalue weighted by molar-refractivity contribution is 5.96. The van der Waals surface area contributed by atoms with Gasteiger partial charge >= 0.3 is 5.97 Å². The quantitative estimate of drug-likeness (QED) is 0.0857. The van der Waals surface area contributed by atoms with Crippen LogP contribution in [0.3, 0.4) is 0 Å². The van der Waals surface area contributed by atoms with Gasteiger partial charge in [-0.15, -0.1) is 0 Å². The maximum absolute atomic E-state index is 13.9. The molecule has 3 aromatic carbocycles. The van der Waals surface area contributed by atoms with Crippen LogP contribution in [0.5, 0.6) is 46.0 Å².